The lowest BCUT2D eigenvalue weighted by Crippen LogP contribution is -1.91. The molecule has 1 unspecified atom stereocenters. The molecule has 0 fully saturated rings. The summed E-state index contributed by atoms with van der Waals surface area (Å²) in [7, 11) is 0. The fourth-order valence-electron chi connectivity index (χ4n) is 1.54. The standard InChI is InChI=1S/C13H20O/c1-3-4-5-6-12-7-9-13(10-8-12)11(2)14/h7-11,14H,3-6H2,1-2H3. The normalized spacial score (nSPS) is 12.8. The minimum Gasteiger partial charge on any atom is -0.389 e. The summed E-state index contributed by atoms with van der Waals surface area (Å²) in [6.45, 7) is 4.02. The van der Waals surface area contributed by atoms with Gasteiger partial charge in [0.05, 0.1) is 6.10 Å². The van der Waals surface area contributed by atoms with E-state index in [4.69, 9.17) is 0 Å². The predicted molar refractivity (Wildman–Crippen MR) is 60.3 cm³/mol. The number of rotatable bonds is 5. The first kappa shape index (κ1) is 11.3. The Morgan fingerprint density at radius 2 is 1.79 bits per heavy atom. The molecule has 14 heavy (non-hydrogen) atoms. The number of aliphatic hydroxyl groups is 1. The Balaban J connectivity index is 2.47. The smallest absolute Gasteiger partial charge is 0.0761 e. The highest BCUT2D eigenvalue weighted by Crippen LogP contribution is 2.14. The van der Waals surface area contributed by atoms with Gasteiger partial charge in [0.25, 0.3) is 0 Å². The third-order valence-corrected chi connectivity index (χ3v) is 2.53. The van der Waals surface area contributed by atoms with Crippen LogP contribution >= 0.6 is 0 Å². The average Bonchev–Trinajstić information content (AvgIpc) is 2.19. The lowest BCUT2D eigenvalue weighted by molar-refractivity contribution is 0.199. The second-order valence-corrected chi connectivity index (χ2v) is 3.87. The van der Waals surface area contributed by atoms with Crippen molar-refractivity contribution >= 4 is 0 Å². The number of hydrogen-bond acceptors (Lipinski definition) is 1. The first-order chi connectivity index (χ1) is 6.74. The zero-order chi connectivity index (χ0) is 10.4. The Labute approximate surface area is 86.8 Å². The molecule has 1 N–H and O–H groups in total. The van der Waals surface area contributed by atoms with Crippen LogP contribution in [0.15, 0.2) is 24.3 Å². The quantitative estimate of drug-likeness (QED) is 0.708. The Bertz CT molecular complexity index is 248. The summed E-state index contributed by atoms with van der Waals surface area (Å²) >= 11 is 0. The molecule has 0 heterocycles. The van der Waals surface area contributed by atoms with E-state index in [0.717, 1.165) is 12.0 Å². The summed E-state index contributed by atoms with van der Waals surface area (Å²) in [4.78, 5) is 0. The SMILES string of the molecule is CCCCCc1ccc(C(C)O)cc1. The van der Waals surface area contributed by atoms with Crippen LogP contribution < -0.4 is 0 Å². The van der Waals surface area contributed by atoms with Gasteiger partial charge in [0, 0.05) is 0 Å². The van der Waals surface area contributed by atoms with Gasteiger partial charge < -0.3 is 5.11 Å². The van der Waals surface area contributed by atoms with Crippen molar-refractivity contribution in [2.45, 2.75) is 45.6 Å². The predicted octanol–water partition coefficient (Wildman–Crippen LogP) is 3.47. The van der Waals surface area contributed by atoms with Crippen LogP contribution in [-0.2, 0) is 6.42 Å². The fourth-order valence-corrected chi connectivity index (χ4v) is 1.54. The van der Waals surface area contributed by atoms with E-state index in [1.165, 1.54) is 24.8 Å². The maximum absolute atomic E-state index is 9.33. The third kappa shape index (κ3) is 3.51. The zero-order valence-corrected chi connectivity index (χ0v) is 9.16. The van der Waals surface area contributed by atoms with Gasteiger partial charge in [-0.1, -0.05) is 44.0 Å². The molecule has 1 nitrogen and oxygen atoms in total. The molecule has 0 aliphatic heterocycles. The van der Waals surface area contributed by atoms with Crippen molar-refractivity contribution in [3.05, 3.63) is 35.4 Å². The molecule has 1 atom stereocenters. The van der Waals surface area contributed by atoms with Crippen molar-refractivity contribution in [3.63, 3.8) is 0 Å². The molecular weight excluding hydrogens is 172 g/mol. The summed E-state index contributed by atoms with van der Waals surface area (Å²) in [5, 5.41) is 9.33. The second kappa shape index (κ2) is 5.82. The van der Waals surface area contributed by atoms with Crippen LogP contribution in [0.25, 0.3) is 0 Å². The van der Waals surface area contributed by atoms with E-state index in [-0.39, 0.29) is 6.10 Å². The molecule has 0 aromatic heterocycles. The molecule has 0 amide bonds. The number of unbranched alkanes of at least 4 members (excludes halogenated alkanes) is 2. The fraction of sp³-hybridized carbons (Fsp3) is 0.538. The van der Waals surface area contributed by atoms with Gasteiger partial charge in [-0.3, -0.25) is 0 Å². The summed E-state index contributed by atoms with van der Waals surface area (Å²) in [6.07, 6.45) is 4.65. The Hall–Kier alpha value is -0.820. The molecule has 0 aliphatic carbocycles. The molecule has 0 saturated heterocycles. The summed E-state index contributed by atoms with van der Waals surface area (Å²) in [6, 6.07) is 8.29. The molecule has 0 radical (unpaired) electrons. The average molecular weight is 192 g/mol. The van der Waals surface area contributed by atoms with E-state index in [1.54, 1.807) is 6.92 Å². The molecule has 78 valence electrons. The number of benzene rings is 1. The number of aliphatic hydroxyl groups excluding tert-OH is 1. The van der Waals surface area contributed by atoms with Crippen LogP contribution in [-0.4, -0.2) is 5.11 Å². The summed E-state index contributed by atoms with van der Waals surface area (Å²) in [5.41, 5.74) is 2.38. The molecule has 1 heteroatoms. The molecule has 1 aromatic rings. The van der Waals surface area contributed by atoms with Crippen LogP contribution in [0.2, 0.25) is 0 Å². The Morgan fingerprint density at radius 1 is 1.14 bits per heavy atom. The van der Waals surface area contributed by atoms with E-state index in [9.17, 15) is 5.11 Å². The van der Waals surface area contributed by atoms with Crippen LogP contribution in [0.1, 0.15) is 50.3 Å². The Kier molecular flexibility index (Phi) is 4.68. The van der Waals surface area contributed by atoms with Gasteiger partial charge in [0.1, 0.15) is 0 Å². The van der Waals surface area contributed by atoms with Crippen LogP contribution in [0, 0.1) is 0 Å². The zero-order valence-electron chi connectivity index (χ0n) is 9.16. The van der Waals surface area contributed by atoms with E-state index < -0.39 is 0 Å². The van der Waals surface area contributed by atoms with Crippen molar-refractivity contribution < 1.29 is 5.11 Å². The van der Waals surface area contributed by atoms with Gasteiger partial charge in [-0.25, -0.2) is 0 Å². The maximum Gasteiger partial charge on any atom is 0.0761 e. The van der Waals surface area contributed by atoms with Gasteiger partial charge >= 0.3 is 0 Å². The maximum atomic E-state index is 9.33. The van der Waals surface area contributed by atoms with Gasteiger partial charge in [-0.15, -0.1) is 0 Å². The minimum atomic E-state index is -0.348. The first-order valence-corrected chi connectivity index (χ1v) is 5.51. The highest BCUT2D eigenvalue weighted by atomic mass is 16.3. The summed E-state index contributed by atoms with van der Waals surface area (Å²) < 4.78 is 0. The van der Waals surface area contributed by atoms with Crippen molar-refractivity contribution in [1.82, 2.24) is 0 Å². The highest BCUT2D eigenvalue weighted by molar-refractivity contribution is 5.23. The highest BCUT2D eigenvalue weighted by Gasteiger charge is 1.99. The molecule has 1 rings (SSSR count). The molecular formula is C13H20O. The van der Waals surface area contributed by atoms with E-state index in [0.29, 0.717) is 0 Å². The van der Waals surface area contributed by atoms with Gasteiger partial charge in [-0.2, -0.15) is 0 Å². The third-order valence-electron chi connectivity index (χ3n) is 2.53. The number of aryl methyl sites for hydroxylation is 1. The minimum absolute atomic E-state index is 0.348. The van der Waals surface area contributed by atoms with Crippen molar-refractivity contribution in [2.75, 3.05) is 0 Å². The lowest BCUT2D eigenvalue weighted by atomic mass is 10.0. The topological polar surface area (TPSA) is 20.2 Å². The second-order valence-electron chi connectivity index (χ2n) is 3.87. The van der Waals surface area contributed by atoms with Crippen molar-refractivity contribution in [1.29, 1.82) is 0 Å². The Morgan fingerprint density at radius 3 is 2.29 bits per heavy atom. The number of hydrogen-bond donors (Lipinski definition) is 1. The monoisotopic (exact) mass is 192 g/mol. The van der Waals surface area contributed by atoms with Crippen LogP contribution in [0.5, 0.6) is 0 Å². The van der Waals surface area contributed by atoms with E-state index in [2.05, 4.69) is 19.1 Å². The molecule has 0 bridgehead atoms. The molecule has 0 aliphatic rings. The van der Waals surface area contributed by atoms with E-state index >= 15 is 0 Å². The van der Waals surface area contributed by atoms with Crippen LogP contribution in [0.4, 0.5) is 0 Å². The van der Waals surface area contributed by atoms with Gasteiger partial charge in [0.15, 0.2) is 0 Å². The van der Waals surface area contributed by atoms with Gasteiger partial charge in [0.2, 0.25) is 0 Å². The van der Waals surface area contributed by atoms with E-state index in [1.807, 2.05) is 12.1 Å². The largest absolute Gasteiger partial charge is 0.389 e. The molecule has 0 saturated carbocycles. The van der Waals surface area contributed by atoms with Gasteiger partial charge in [-0.05, 0) is 30.9 Å². The summed E-state index contributed by atoms with van der Waals surface area (Å²) in [5.74, 6) is 0. The molecule has 1 aromatic carbocycles. The van der Waals surface area contributed by atoms with Crippen LogP contribution in [0.3, 0.4) is 0 Å². The lowest BCUT2D eigenvalue weighted by Gasteiger charge is -2.05. The first-order valence-electron chi connectivity index (χ1n) is 5.51. The van der Waals surface area contributed by atoms with Crippen molar-refractivity contribution in [3.8, 4) is 0 Å². The van der Waals surface area contributed by atoms with Crippen molar-refractivity contribution in [2.24, 2.45) is 0 Å². The molecule has 0 spiro atoms.